The van der Waals surface area contributed by atoms with Crippen LogP contribution in [0, 0.1) is 12.7 Å². The van der Waals surface area contributed by atoms with Crippen molar-refractivity contribution in [2.24, 2.45) is 0 Å². The van der Waals surface area contributed by atoms with Crippen molar-refractivity contribution >= 4 is 0 Å². The van der Waals surface area contributed by atoms with Gasteiger partial charge in [0.1, 0.15) is 17.7 Å². The summed E-state index contributed by atoms with van der Waals surface area (Å²) in [7, 11) is 0. The van der Waals surface area contributed by atoms with E-state index in [9.17, 15) is 9.50 Å². The summed E-state index contributed by atoms with van der Waals surface area (Å²) in [6.07, 6.45) is 4.24. The third-order valence-corrected chi connectivity index (χ3v) is 3.35. The maximum absolute atomic E-state index is 13.1. The molecule has 2 atom stereocenters. The van der Waals surface area contributed by atoms with Crippen LogP contribution in [0.15, 0.2) is 18.2 Å². The largest absolute Gasteiger partial charge is 0.487 e. The highest BCUT2D eigenvalue weighted by atomic mass is 19.1. The minimum atomic E-state index is -0.430. The predicted molar refractivity (Wildman–Crippen MR) is 64.6 cm³/mol. The van der Waals surface area contributed by atoms with E-state index in [-0.39, 0.29) is 11.9 Å². The molecule has 3 heteroatoms. The van der Waals surface area contributed by atoms with Crippen LogP contribution in [0.4, 0.5) is 4.39 Å². The molecule has 2 nitrogen and oxygen atoms in total. The van der Waals surface area contributed by atoms with Gasteiger partial charge in [0.05, 0.1) is 6.10 Å². The van der Waals surface area contributed by atoms with Crippen molar-refractivity contribution in [2.45, 2.75) is 51.2 Å². The molecule has 1 N–H and O–H groups in total. The lowest BCUT2D eigenvalue weighted by Gasteiger charge is -2.23. The van der Waals surface area contributed by atoms with Gasteiger partial charge in [-0.05, 0) is 37.8 Å². The Morgan fingerprint density at radius 3 is 2.82 bits per heavy atom. The number of aliphatic hydroxyl groups is 1. The molecule has 2 rings (SSSR count). The summed E-state index contributed by atoms with van der Waals surface area (Å²) in [5, 5.41) is 9.95. The second-order valence-corrected chi connectivity index (χ2v) is 4.77. The second-order valence-electron chi connectivity index (χ2n) is 4.77. The number of aryl methyl sites for hydroxylation is 1. The topological polar surface area (TPSA) is 29.5 Å². The number of ether oxygens (including phenoxy) is 1. The molecule has 1 aliphatic carbocycles. The molecule has 1 saturated carbocycles. The molecule has 1 aromatic rings. The molecule has 0 saturated heterocycles. The first kappa shape index (κ1) is 12.4. The van der Waals surface area contributed by atoms with E-state index in [1.54, 1.807) is 6.07 Å². The number of hydrogen-bond donors (Lipinski definition) is 1. The first-order chi connectivity index (χ1) is 8.16. The summed E-state index contributed by atoms with van der Waals surface area (Å²) < 4.78 is 18.9. The van der Waals surface area contributed by atoms with Gasteiger partial charge in [-0.15, -0.1) is 0 Å². The molecule has 0 radical (unpaired) electrons. The maximum atomic E-state index is 13.1. The van der Waals surface area contributed by atoms with Crippen LogP contribution >= 0.6 is 0 Å². The fourth-order valence-corrected chi connectivity index (χ4v) is 2.26. The molecule has 0 aromatic heterocycles. The Kier molecular flexibility index (Phi) is 4.00. The van der Waals surface area contributed by atoms with Crippen LogP contribution in [-0.2, 0) is 0 Å². The third kappa shape index (κ3) is 3.19. The molecule has 17 heavy (non-hydrogen) atoms. The van der Waals surface area contributed by atoms with Crippen LogP contribution in [-0.4, -0.2) is 17.3 Å². The molecule has 2 unspecified atom stereocenters. The van der Waals surface area contributed by atoms with Crippen molar-refractivity contribution in [3.8, 4) is 5.75 Å². The van der Waals surface area contributed by atoms with E-state index >= 15 is 0 Å². The van der Waals surface area contributed by atoms with E-state index in [2.05, 4.69) is 0 Å². The van der Waals surface area contributed by atoms with Crippen LogP contribution < -0.4 is 4.74 Å². The van der Waals surface area contributed by atoms with E-state index in [1.165, 1.54) is 12.1 Å². The highest BCUT2D eigenvalue weighted by Crippen LogP contribution is 2.26. The first-order valence-electron chi connectivity index (χ1n) is 6.27. The number of hydrogen-bond acceptors (Lipinski definition) is 2. The molecule has 94 valence electrons. The van der Waals surface area contributed by atoms with Gasteiger partial charge in [0.2, 0.25) is 0 Å². The molecule has 0 spiro atoms. The van der Waals surface area contributed by atoms with Crippen LogP contribution in [0.5, 0.6) is 5.75 Å². The van der Waals surface area contributed by atoms with E-state index < -0.39 is 6.10 Å². The maximum Gasteiger partial charge on any atom is 0.126 e. The molecule has 0 aliphatic heterocycles. The number of benzene rings is 1. The van der Waals surface area contributed by atoms with E-state index in [4.69, 9.17) is 4.74 Å². The van der Waals surface area contributed by atoms with E-state index in [0.29, 0.717) is 5.75 Å². The van der Waals surface area contributed by atoms with Gasteiger partial charge in [-0.2, -0.15) is 0 Å². The Labute approximate surface area is 101 Å². The summed E-state index contributed by atoms with van der Waals surface area (Å²) in [5.41, 5.74) is 0.905. The Morgan fingerprint density at radius 1 is 1.24 bits per heavy atom. The summed E-state index contributed by atoms with van der Waals surface area (Å²) in [6, 6.07) is 4.52. The highest BCUT2D eigenvalue weighted by molar-refractivity contribution is 5.32. The van der Waals surface area contributed by atoms with Crippen molar-refractivity contribution in [3.63, 3.8) is 0 Å². The molecular formula is C14H19FO2. The average molecular weight is 238 g/mol. The minimum absolute atomic E-state index is 0.196. The number of aliphatic hydroxyl groups excluding tert-OH is 1. The summed E-state index contributed by atoms with van der Waals surface area (Å²) in [5.74, 6) is 0.254. The first-order valence-corrected chi connectivity index (χ1v) is 6.27. The molecule has 0 heterocycles. The van der Waals surface area contributed by atoms with Gasteiger partial charge >= 0.3 is 0 Å². The average Bonchev–Trinajstić information content (AvgIpc) is 2.50. The highest BCUT2D eigenvalue weighted by Gasteiger charge is 2.23. The second kappa shape index (κ2) is 5.50. The lowest BCUT2D eigenvalue weighted by molar-refractivity contribution is 0.0314. The van der Waals surface area contributed by atoms with Crippen molar-refractivity contribution in [2.75, 3.05) is 0 Å². The zero-order valence-electron chi connectivity index (χ0n) is 10.2. The molecule has 0 bridgehead atoms. The summed E-state index contributed by atoms with van der Waals surface area (Å²) >= 11 is 0. The van der Waals surface area contributed by atoms with Crippen LogP contribution in [0.25, 0.3) is 0 Å². The lowest BCUT2D eigenvalue weighted by atomic mass is 10.1. The fourth-order valence-electron chi connectivity index (χ4n) is 2.26. The van der Waals surface area contributed by atoms with Gasteiger partial charge in [0, 0.05) is 6.07 Å². The quantitative estimate of drug-likeness (QED) is 0.802. The van der Waals surface area contributed by atoms with Crippen molar-refractivity contribution in [1.29, 1.82) is 0 Å². The number of rotatable bonds is 2. The third-order valence-electron chi connectivity index (χ3n) is 3.35. The predicted octanol–water partition coefficient (Wildman–Crippen LogP) is 3.21. The van der Waals surface area contributed by atoms with Gasteiger partial charge in [-0.1, -0.05) is 18.9 Å². The van der Waals surface area contributed by atoms with Crippen LogP contribution in [0.3, 0.4) is 0 Å². The van der Waals surface area contributed by atoms with E-state index in [0.717, 1.165) is 37.7 Å². The van der Waals surface area contributed by atoms with Crippen molar-refractivity contribution in [1.82, 2.24) is 0 Å². The fraction of sp³-hybridized carbons (Fsp3) is 0.571. The van der Waals surface area contributed by atoms with Crippen molar-refractivity contribution < 1.29 is 14.2 Å². The smallest absolute Gasteiger partial charge is 0.126 e. The standard InChI is InChI=1S/C14H19FO2/c1-10-7-8-11(15)9-14(10)17-13-6-4-2-3-5-12(13)16/h7-9,12-13,16H,2-6H2,1H3. The minimum Gasteiger partial charge on any atom is -0.487 e. The molecule has 1 aliphatic rings. The zero-order valence-corrected chi connectivity index (χ0v) is 10.2. The van der Waals surface area contributed by atoms with Gasteiger partial charge in [-0.25, -0.2) is 4.39 Å². The van der Waals surface area contributed by atoms with Gasteiger partial charge < -0.3 is 9.84 Å². The summed E-state index contributed by atoms with van der Waals surface area (Å²) in [6.45, 7) is 1.89. The van der Waals surface area contributed by atoms with Crippen molar-refractivity contribution in [3.05, 3.63) is 29.6 Å². The van der Waals surface area contributed by atoms with Gasteiger partial charge in [0.15, 0.2) is 0 Å². The Balaban J connectivity index is 2.10. The number of halogens is 1. The Morgan fingerprint density at radius 2 is 2.00 bits per heavy atom. The molecule has 1 aromatic carbocycles. The van der Waals surface area contributed by atoms with Gasteiger partial charge in [-0.3, -0.25) is 0 Å². The van der Waals surface area contributed by atoms with Crippen LogP contribution in [0.1, 0.15) is 37.7 Å². The zero-order chi connectivity index (χ0) is 12.3. The Bertz CT molecular complexity index is 378. The molecular weight excluding hydrogens is 219 g/mol. The normalized spacial score (nSPS) is 25.4. The molecule has 0 amide bonds. The molecule has 1 fully saturated rings. The Hall–Kier alpha value is -1.09. The monoisotopic (exact) mass is 238 g/mol. The van der Waals surface area contributed by atoms with Gasteiger partial charge in [0.25, 0.3) is 0 Å². The summed E-state index contributed by atoms with van der Waals surface area (Å²) in [4.78, 5) is 0. The lowest BCUT2D eigenvalue weighted by Crippen LogP contribution is -2.30. The van der Waals surface area contributed by atoms with E-state index in [1.807, 2.05) is 6.92 Å². The van der Waals surface area contributed by atoms with Crippen LogP contribution in [0.2, 0.25) is 0 Å². The SMILES string of the molecule is Cc1ccc(F)cc1OC1CCCCCC1O.